The van der Waals surface area contributed by atoms with Gasteiger partial charge in [0.1, 0.15) is 5.69 Å². The van der Waals surface area contributed by atoms with Gasteiger partial charge in [-0.3, -0.25) is 4.98 Å². The van der Waals surface area contributed by atoms with Crippen LogP contribution in [-0.2, 0) is 12.4 Å². The average molecular weight is 492 g/mol. The first-order chi connectivity index (χ1) is 16.3. The number of rotatable bonds is 4. The van der Waals surface area contributed by atoms with E-state index < -0.39 is 40.7 Å². The molecule has 180 valence electrons. The summed E-state index contributed by atoms with van der Waals surface area (Å²) in [6, 6.07) is 9.14. The number of anilines is 2. The Morgan fingerprint density at radius 1 is 0.914 bits per heavy atom. The first kappa shape index (κ1) is 23.9. The molecule has 6 nitrogen and oxygen atoms in total. The van der Waals surface area contributed by atoms with Gasteiger partial charge < -0.3 is 10.4 Å². The average Bonchev–Trinajstić information content (AvgIpc) is 2.77. The first-order valence-corrected chi connectivity index (χ1v) is 9.86. The molecule has 0 saturated carbocycles. The maximum absolute atomic E-state index is 13.6. The molecule has 0 spiro atoms. The third kappa shape index (κ3) is 5.00. The molecule has 0 aliphatic heterocycles. The van der Waals surface area contributed by atoms with Crippen LogP contribution in [0.15, 0.2) is 54.7 Å². The number of pyridine rings is 3. The van der Waals surface area contributed by atoms with Gasteiger partial charge in [0.2, 0.25) is 0 Å². The van der Waals surface area contributed by atoms with Crippen LogP contribution in [0.4, 0.5) is 37.7 Å². The zero-order valence-electron chi connectivity index (χ0n) is 17.7. The monoisotopic (exact) mass is 492 g/mol. The molecular weight excluding hydrogens is 478 g/mol. The van der Waals surface area contributed by atoms with Crippen LogP contribution in [0.25, 0.3) is 22.4 Å². The maximum Gasteiger partial charge on any atom is 0.418 e. The number of nitrogens with one attached hydrogen (secondary N) is 1. The lowest BCUT2D eigenvalue weighted by atomic mass is 10.1. The molecule has 3 aromatic heterocycles. The van der Waals surface area contributed by atoms with Crippen molar-refractivity contribution in [1.29, 1.82) is 0 Å². The summed E-state index contributed by atoms with van der Waals surface area (Å²) in [7, 11) is 0. The van der Waals surface area contributed by atoms with Crippen molar-refractivity contribution in [3.63, 3.8) is 0 Å². The predicted molar refractivity (Wildman–Crippen MR) is 114 cm³/mol. The van der Waals surface area contributed by atoms with Gasteiger partial charge in [0, 0.05) is 23.0 Å². The number of benzene rings is 1. The second-order valence-electron chi connectivity index (χ2n) is 7.50. The third-order valence-electron chi connectivity index (χ3n) is 4.97. The Morgan fingerprint density at radius 2 is 1.60 bits per heavy atom. The lowest BCUT2D eigenvalue weighted by Gasteiger charge is -2.14. The Kier molecular flexibility index (Phi) is 5.83. The van der Waals surface area contributed by atoms with E-state index in [9.17, 15) is 31.1 Å². The summed E-state index contributed by atoms with van der Waals surface area (Å²) >= 11 is 0. The quantitative estimate of drug-likeness (QED) is 0.317. The normalized spacial score (nSPS) is 12.1. The minimum Gasteiger partial charge on any atom is -0.478 e. The van der Waals surface area contributed by atoms with Crippen LogP contribution in [0.5, 0.6) is 0 Å². The summed E-state index contributed by atoms with van der Waals surface area (Å²) in [5.41, 5.74) is -2.16. The molecule has 0 atom stereocenters. The summed E-state index contributed by atoms with van der Waals surface area (Å²) in [4.78, 5) is 23.2. The minimum atomic E-state index is -4.89. The molecule has 4 rings (SSSR count). The number of carboxylic acid groups (broad SMARTS) is 1. The molecule has 0 radical (unpaired) electrons. The Balaban J connectivity index is 1.77. The fraction of sp³-hybridized carbons (Fsp3) is 0.130. The van der Waals surface area contributed by atoms with Crippen LogP contribution in [0.3, 0.4) is 0 Å². The number of hydrogen-bond acceptors (Lipinski definition) is 5. The van der Waals surface area contributed by atoms with Crippen molar-refractivity contribution >= 4 is 28.4 Å². The molecule has 3 heterocycles. The van der Waals surface area contributed by atoms with Crippen LogP contribution in [0, 0.1) is 6.92 Å². The number of halogens is 6. The highest BCUT2D eigenvalue weighted by Crippen LogP contribution is 2.37. The van der Waals surface area contributed by atoms with Gasteiger partial charge in [-0.05, 0) is 55.5 Å². The molecule has 35 heavy (non-hydrogen) atoms. The highest BCUT2D eigenvalue weighted by Gasteiger charge is 2.36. The van der Waals surface area contributed by atoms with E-state index in [1.54, 1.807) is 13.0 Å². The third-order valence-corrected chi connectivity index (χ3v) is 4.97. The molecule has 0 bridgehead atoms. The van der Waals surface area contributed by atoms with Gasteiger partial charge in [-0.15, -0.1) is 0 Å². The van der Waals surface area contributed by atoms with E-state index in [1.165, 1.54) is 24.3 Å². The zero-order valence-corrected chi connectivity index (χ0v) is 17.7. The molecule has 0 fully saturated rings. The molecule has 0 aliphatic carbocycles. The Morgan fingerprint density at radius 3 is 2.20 bits per heavy atom. The molecule has 1 aromatic carbocycles. The number of aromatic carboxylic acids is 1. The minimum absolute atomic E-state index is 0.0640. The fourth-order valence-corrected chi connectivity index (χ4v) is 3.37. The number of carboxylic acids is 1. The van der Waals surface area contributed by atoms with Crippen LogP contribution in [0.1, 0.15) is 27.2 Å². The summed E-state index contributed by atoms with van der Waals surface area (Å²) < 4.78 is 79.2. The van der Waals surface area contributed by atoms with Gasteiger partial charge in [0.05, 0.1) is 28.1 Å². The second-order valence-corrected chi connectivity index (χ2v) is 7.50. The largest absolute Gasteiger partial charge is 0.478 e. The van der Waals surface area contributed by atoms with E-state index in [-0.39, 0.29) is 11.3 Å². The van der Waals surface area contributed by atoms with Crippen molar-refractivity contribution in [3.8, 4) is 11.4 Å². The smallest absolute Gasteiger partial charge is 0.418 e. The molecule has 0 saturated heterocycles. The SMILES string of the molecule is Cc1cc(Nc2ccc(C(F)(F)F)cc2)c2ccc(-c3ncc(C(=O)O)cc3C(F)(F)F)nc2n1. The lowest BCUT2D eigenvalue weighted by Crippen LogP contribution is -2.12. The van der Waals surface area contributed by atoms with Gasteiger partial charge in [0.25, 0.3) is 0 Å². The molecule has 0 amide bonds. The summed E-state index contributed by atoms with van der Waals surface area (Å²) in [5.74, 6) is -1.56. The van der Waals surface area contributed by atoms with E-state index in [4.69, 9.17) is 5.11 Å². The van der Waals surface area contributed by atoms with Gasteiger partial charge in [0.15, 0.2) is 5.65 Å². The van der Waals surface area contributed by atoms with Gasteiger partial charge in [-0.1, -0.05) is 0 Å². The number of aromatic nitrogens is 3. The first-order valence-electron chi connectivity index (χ1n) is 9.86. The van der Waals surface area contributed by atoms with Crippen molar-refractivity contribution in [1.82, 2.24) is 15.0 Å². The van der Waals surface area contributed by atoms with E-state index in [0.717, 1.165) is 18.3 Å². The van der Waals surface area contributed by atoms with E-state index >= 15 is 0 Å². The Bertz CT molecular complexity index is 1430. The molecule has 0 aliphatic rings. The van der Waals surface area contributed by atoms with Crippen molar-refractivity contribution in [2.75, 3.05) is 5.32 Å². The number of fused-ring (bicyclic) bond motifs is 1. The molecule has 12 heteroatoms. The Labute approximate surface area is 193 Å². The molecular formula is C23H14F6N4O2. The van der Waals surface area contributed by atoms with Gasteiger partial charge >= 0.3 is 18.3 Å². The summed E-state index contributed by atoms with van der Waals surface area (Å²) in [6.45, 7) is 1.62. The van der Waals surface area contributed by atoms with Crippen molar-refractivity contribution in [2.24, 2.45) is 0 Å². The Hall–Kier alpha value is -4.22. The van der Waals surface area contributed by atoms with Gasteiger partial charge in [-0.25, -0.2) is 14.8 Å². The molecule has 2 N–H and O–H groups in total. The van der Waals surface area contributed by atoms with Crippen molar-refractivity contribution in [3.05, 3.63) is 77.1 Å². The summed E-state index contributed by atoms with van der Waals surface area (Å²) in [5, 5.41) is 12.4. The number of nitrogens with zero attached hydrogens (tertiary/aromatic N) is 3. The summed E-state index contributed by atoms with van der Waals surface area (Å²) in [6.07, 6.45) is -8.56. The molecule has 0 unspecified atom stereocenters. The van der Waals surface area contributed by atoms with E-state index in [0.29, 0.717) is 28.5 Å². The molecule has 4 aromatic rings. The number of alkyl halides is 6. The fourth-order valence-electron chi connectivity index (χ4n) is 3.37. The maximum atomic E-state index is 13.6. The van der Waals surface area contributed by atoms with Gasteiger partial charge in [-0.2, -0.15) is 26.3 Å². The topological polar surface area (TPSA) is 88.0 Å². The predicted octanol–water partition coefficient (Wildman–Crippen LogP) is 6.48. The number of carbonyl (C=O) groups is 1. The second kappa shape index (κ2) is 8.53. The highest BCUT2D eigenvalue weighted by atomic mass is 19.4. The lowest BCUT2D eigenvalue weighted by molar-refractivity contribution is -0.138. The van der Waals surface area contributed by atoms with Crippen LogP contribution in [-0.4, -0.2) is 26.0 Å². The van der Waals surface area contributed by atoms with Crippen molar-refractivity contribution in [2.45, 2.75) is 19.3 Å². The van der Waals surface area contributed by atoms with Crippen LogP contribution in [0.2, 0.25) is 0 Å². The van der Waals surface area contributed by atoms with Crippen molar-refractivity contribution < 1.29 is 36.2 Å². The number of aryl methyl sites for hydroxylation is 1. The zero-order chi connectivity index (χ0) is 25.5. The standard InChI is InChI=1S/C23H14F6N4O2/c1-11-8-18(32-14-4-2-13(3-5-14)22(24,25)26)15-6-7-17(33-20(15)31-11)19-16(23(27,28)29)9-12(10-30-19)21(34)35/h2-10H,1H3,(H,34,35)(H,31,32,33). The highest BCUT2D eigenvalue weighted by molar-refractivity contribution is 5.93. The number of hydrogen-bond donors (Lipinski definition) is 2. The van der Waals surface area contributed by atoms with E-state index in [2.05, 4.69) is 20.3 Å². The van der Waals surface area contributed by atoms with E-state index in [1.807, 2.05) is 0 Å². The van der Waals surface area contributed by atoms with Crippen LogP contribution < -0.4 is 5.32 Å². The van der Waals surface area contributed by atoms with Crippen LogP contribution >= 0.6 is 0 Å².